The van der Waals surface area contributed by atoms with Crippen molar-refractivity contribution in [1.82, 2.24) is 4.90 Å². The molecule has 4 nitrogen and oxygen atoms in total. The molecule has 1 aliphatic heterocycles. The summed E-state index contributed by atoms with van der Waals surface area (Å²) in [5, 5.41) is 9.29. The molecule has 0 amide bonds. The number of rotatable bonds is 4. The van der Waals surface area contributed by atoms with Crippen molar-refractivity contribution in [1.29, 1.82) is 0 Å². The Morgan fingerprint density at radius 3 is 2.68 bits per heavy atom. The fourth-order valence-electron chi connectivity index (χ4n) is 2.68. The number of benzene rings is 1. The Hall–Kier alpha value is -1.39. The molecule has 0 aliphatic carbocycles. The minimum Gasteiger partial charge on any atom is -0.480 e. The minimum atomic E-state index is -0.747. The van der Waals surface area contributed by atoms with E-state index in [2.05, 4.69) is 0 Å². The smallest absolute Gasteiger partial charge is 0.320 e. The lowest BCUT2D eigenvalue weighted by molar-refractivity contribution is -0.150. The Kier molecular flexibility index (Phi) is 4.56. The van der Waals surface area contributed by atoms with Crippen LogP contribution in [0.3, 0.4) is 0 Å². The number of carboxylic acid groups (broad SMARTS) is 1. The standard InChI is InChI=1S/C15H21NO3/c1-3-13(15(17)18)16-9-11(2)19-14(10-16)12-7-5-4-6-8-12/h4-8,11,13-14H,3,9-10H2,1-2H3,(H,17,18). The lowest BCUT2D eigenvalue weighted by Crippen LogP contribution is -2.50. The van der Waals surface area contributed by atoms with Crippen molar-refractivity contribution in [2.75, 3.05) is 13.1 Å². The monoisotopic (exact) mass is 263 g/mol. The molecule has 0 aromatic heterocycles. The number of ether oxygens (including phenoxy) is 1. The molecule has 2 rings (SSSR count). The molecule has 1 saturated heterocycles. The first-order valence-electron chi connectivity index (χ1n) is 6.79. The van der Waals surface area contributed by atoms with Crippen molar-refractivity contribution < 1.29 is 14.6 Å². The Morgan fingerprint density at radius 1 is 1.42 bits per heavy atom. The van der Waals surface area contributed by atoms with Crippen LogP contribution in [0.1, 0.15) is 31.9 Å². The van der Waals surface area contributed by atoms with E-state index in [9.17, 15) is 9.90 Å². The maximum Gasteiger partial charge on any atom is 0.320 e. The molecule has 0 saturated carbocycles. The fourth-order valence-corrected chi connectivity index (χ4v) is 2.68. The summed E-state index contributed by atoms with van der Waals surface area (Å²) in [6.07, 6.45) is 0.620. The van der Waals surface area contributed by atoms with E-state index in [-0.39, 0.29) is 12.2 Å². The van der Waals surface area contributed by atoms with E-state index in [0.29, 0.717) is 19.5 Å². The lowest BCUT2D eigenvalue weighted by Gasteiger charge is -2.39. The Balaban J connectivity index is 2.14. The third-order valence-corrected chi connectivity index (χ3v) is 3.57. The second-order valence-electron chi connectivity index (χ2n) is 5.06. The molecular weight excluding hydrogens is 242 g/mol. The van der Waals surface area contributed by atoms with Gasteiger partial charge in [0.05, 0.1) is 12.2 Å². The van der Waals surface area contributed by atoms with Gasteiger partial charge in [-0.15, -0.1) is 0 Å². The summed E-state index contributed by atoms with van der Waals surface area (Å²) in [6, 6.07) is 9.58. The lowest BCUT2D eigenvalue weighted by atomic mass is 10.0. The molecule has 1 heterocycles. The van der Waals surface area contributed by atoms with E-state index in [0.717, 1.165) is 5.56 Å². The predicted molar refractivity (Wildman–Crippen MR) is 73.0 cm³/mol. The third kappa shape index (κ3) is 3.33. The van der Waals surface area contributed by atoms with Crippen LogP contribution in [0.25, 0.3) is 0 Å². The van der Waals surface area contributed by atoms with Gasteiger partial charge in [-0.1, -0.05) is 37.3 Å². The molecule has 1 N–H and O–H groups in total. The summed E-state index contributed by atoms with van der Waals surface area (Å²) in [5.41, 5.74) is 1.11. The summed E-state index contributed by atoms with van der Waals surface area (Å²) in [4.78, 5) is 13.3. The SMILES string of the molecule is CCC(C(=O)O)N1CC(C)OC(c2ccccc2)C1. The third-order valence-electron chi connectivity index (χ3n) is 3.57. The number of hydrogen-bond acceptors (Lipinski definition) is 3. The van der Waals surface area contributed by atoms with Crippen LogP contribution in [0.2, 0.25) is 0 Å². The number of hydrogen-bond donors (Lipinski definition) is 1. The molecule has 0 radical (unpaired) electrons. The number of carboxylic acids is 1. The molecule has 1 fully saturated rings. The van der Waals surface area contributed by atoms with Gasteiger partial charge in [0.2, 0.25) is 0 Å². The van der Waals surface area contributed by atoms with Crippen LogP contribution in [0.4, 0.5) is 0 Å². The van der Waals surface area contributed by atoms with Crippen molar-refractivity contribution >= 4 is 5.97 Å². The summed E-state index contributed by atoms with van der Waals surface area (Å²) >= 11 is 0. The topological polar surface area (TPSA) is 49.8 Å². The minimum absolute atomic E-state index is 0.0432. The van der Waals surface area contributed by atoms with Gasteiger partial charge in [-0.25, -0.2) is 0 Å². The van der Waals surface area contributed by atoms with Gasteiger partial charge in [0.25, 0.3) is 0 Å². The largest absolute Gasteiger partial charge is 0.480 e. The summed E-state index contributed by atoms with van der Waals surface area (Å²) in [5.74, 6) is -0.747. The van der Waals surface area contributed by atoms with Crippen molar-refractivity contribution in [3.8, 4) is 0 Å². The normalized spacial score (nSPS) is 26.0. The molecule has 3 atom stereocenters. The average Bonchev–Trinajstić information content (AvgIpc) is 2.39. The van der Waals surface area contributed by atoms with Gasteiger partial charge in [-0.2, -0.15) is 0 Å². The molecule has 1 aliphatic rings. The van der Waals surface area contributed by atoms with E-state index in [1.165, 1.54) is 0 Å². The second-order valence-corrected chi connectivity index (χ2v) is 5.06. The summed E-state index contributed by atoms with van der Waals surface area (Å²) in [6.45, 7) is 5.22. The highest BCUT2D eigenvalue weighted by atomic mass is 16.5. The maximum absolute atomic E-state index is 11.3. The highest BCUT2D eigenvalue weighted by Crippen LogP contribution is 2.26. The van der Waals surface area contributed by atoms with Crippen LogP contribution >= 0.6 is 0 Å². The molecule has 0 spiro atoms. The van der Waals surface area contributed by atoms with E-state index in [1.54, 1.807) is 0 Å². The van der Waals surface area contributed by atoms with E-state index in [4.69, 9.17) is 4.74 Å². The van der Waals surface area contributed by atoms with Crippen molar-refractivity contribution in [2.45, 2.75) is 38.5 Å². The molecule has 1 aromatic rings. The molecule has 19 heavy (non-hydrogen) atoms. The van der Waals surface area contributed by atoms with Gasteiger partial charge in [-0.05, 0) is 18.9 Å². The highest BCUT2D eigenvalue weighted by molar-refractivity contribution is 5.73. The summed E-state index contributed by atoms with van der Waals surface area (Å²) in [7, 11) is 0. The van der Waals surface area contributed by atoms with Gasteiger partial charge in [0, 0.05) is 13.1 Å². The molecular formula is C15H21NO3. The summed E-state index contributed by atoms with van der Waals surface area (Å²) < 4.78 is 5.94. The van der Waals surface area contributed by atoms with Crippen LogP contribution in [-0.4, -0.2) is 41.2 Å². The first-order chi connectivity index (χ1) is 9.11. The van der Waals surface area contributed by atoms with Crippen LogP contribution in [0.5, 0.6) is 0 Å². The van der Waals surface area contributed by atoms with E-state index in [1.807, 2.05) is 49.1 Å². The van der Waals surface area contributed by atoms with Crippen LogP contribution < -0.4 is 0 Å². The zero-order valence-electron chi connectivity index (χ0n) is 11.5. The van der Waals surface area contributed by atoms with Crippen molar-refractivity contribution in [3.63, 3.8) is 0 Å². The maximum atomic E-state index is 11.3. The van der Waals surface area contributed by atoms with Gasteiger partial charge in [0.15, 0.2) is 0 Å². The Bertz CT molecular complexity index is 421. The molecule has 3 unspecified atom stereocenters. The number of aliphatic carboxylic acids is 1. The zero-order valence-corrected chi connectivity index (χ0v) is 11.5. The van der Waals surface area contributed by atoms with Gasteiger partial charge in [0.1, 0.15) is 6.04 Å². The van der Waals surface area contributed by atoms with Crippen LogP contribution in [0.15, 0.2) is 30.3 Å². The van der Waals surface area contributed by atoms with Crippen LogP contribution in [0, 0.1) is 0 Å². The van der Waals surface area contributed by atoms with Gasteiger partial charge in [-0.3, -0.25) is 9.69 Å². The van der Waals surface area contributed by atoms with E-state index < -0.39 is 12.0 Å². The Morgan fingerprint density at radius 2 is 2.11 bits per heavy atom. The van der Waals surface area contributed by atoms with Crippen molar-refractivity contribution in [2.24, 2.45) is 0 Å². The van der Waals surface area contributed by atoms with Crippen molar-refractivity contribution in [3.05, 3.63) is 35.9 Å². The second kappa shape index (κ2) is 6.17. The number of nitrogens with zero attached hydrogens (tertiary/aromatic N) is 1. The zero-order chi connectivity index (χ0) is 13.8. The molecule has 104 valence electrons. The average molecular weight is 263 g/mol. The van der Waals surface area contributed by atoms with Gasteiger partial charge < -0.3 is 9.84 Å². The quantitative estimate of drug-likeness (QED) is 0.905. The first kappa shape index (κ1) is 14.0. The fraction of sp³-hybridized carbons (Fsp3) is 0.533. The predicted octanol–water partition coefficient (Wildman–Crippen LogP) is 2.31. The van der Waals surface area contributed by atoms with Gasteiger partial charge >= 0.3 is 5.97 Å². The first-order valence-corrected chi connectivity index (χ1v) is 6.79. The number of morpholine rings is 1. The molecule has 0 bridgehead atoms. The van der Waals surface area contributed by atoms with E-state index >= 15 is 0 Å². The Labute approximate surface area is 114 Å². The highest BCUT2D eigenvalue weighted by Gasteiger charge is 2.33. The molecule has 1 aromatic carbocycles. The number of carbonyl (C=O) groups is 1. The molecule has 4 heteroatoms. The van der Waals surface area contributed by atoms with Crippen LogP contribution in [-0.2, 0) is 9.53 Å².